The maximum absolute atomic E-state index is 10.4. The maximum Gasteiger partial charge on any atom is 0.333 e. The SMILES string of the molecule is NS(=O)(=O)OCc1ccc(Cl)cc1. The van der Waals surface area contributed by atoms with Crippen LogP contribution in [0.15, 0.2) is 24.3 Å². The highest BCUT2D eigenvalue weighted by Gasteiger charge is 2.02. The Balaban J connectivity index is 2.61. The molecule has 0 bridgehead atoms. The van der Waals surface area contributed by atoms with Crippen LogP contribution in [-0.4, -0.2) is 8.42 Å². The highest BCUT2D eigenvalue weighted by molar-refractivity contribution is 7.84. The lowest BCUT2D eigenvalue weighted by molar-refractivity contribution is 0.308. The van der Waals surface area contributed by atoms with Gasteiger partial charge in [-0.25, -0.2) is 5.14 Å². The molecule has 0 radical (unpaired) electrons. The predicted molar refractivity (Wildman–Crippen MR) is 49.3 cm³/mol. The lowest BCUT2D eigenvalue weighted by Crippen LogP contribution is -2.15. The summed E-state index contributed by atoms with van der Waals surface area (Å²) in [6.45, 7) is -0.0734. The molecule has 0 fully saturated rings. The molecule has 0 aliphatic carbocycles. The first-order valence-corrected chi connectivity index (χ1v) is 5.24. The van der Waals surface area contributed by atoms with Gasteiger partial charge in [0.2, 0.25) is 0 Å². The van der Waals surface area contributed by atoms with Crippen molar-refractivity contribution in [3.63, 3.8) is 0 Å². The minimum atomic E-state index is -3.87. The van der Waals surface area contributed by atoms with Gasteiger partial charge in [-0.2, -0.15) is 8.42 Å². The highest BCUT2D eigenvalue weighted by atomic mass is 35.5. The largest absolute Gasteiger partial charge is 0.333 e. The maximum atomic E-state index is 10.4. The molecule has 0 aliphatic rings. The van der Waals surface area contributed by atoms with Gasteiger partial charge >= 0.3 is 10.3 Å². The Morgan fingerprint density at radius 3 is 2.31 bits per heavy atom. The second-order valence-corrected chi connectivity index (χ2v) is 4.04. The third-order valence-electron chi connectivity index (χ3n) is 1.30. The monoisotopic (exact) mass is 221 g/mol. The highest BCUT2D eigenvalue weighted by Crippen LogP contribution is 2.10. The molecule has 72 valence electrons. The van der Waals surface area contributed by atoms with Crippen molar-refractivity contribution in [2.45, 2.75) is 6.61 Å². The normalized spacial score (nSPS) is 11.5. The van der Waals surface area contributed by atoms with Gasteiger partial charge in [0, 0.05) is 5.02 Å². The molecular formula is C7H8ClNO3S. The summed E-state index contributed by atoms with van der Waals surface area (Å²) in [6, 6.07) is 6.60. The average Bonchev–Trinajstić information content (AvgIpc) is 2.02. The molecule has 0 saturated heterocycles. The zero-order chi connectivity index (χ0) is 9.90. The van der Waals surface area contributed by atoms with Gasteiger partial charge in [0.1, 0.15) is 0 Å². The molecule has 0 unspecified atom stereocenters. The third kappa shape index (κ3) is 4.23. The second kappa shape index (κ2) is 4.06. The van der Waals surface area contributed by atoms with Crippen molar-refractivity contribution in [2.75, 3.05) is 0 Å². The predicted octanol–water partition coefficient (Wildman–Crippen LogP) is 1.06. The number of hydrogen-bond acceptors (Lipinski definition) is 3. The molecule has 0 heterocycles. The van der Waals surface area contributed by atoms with Crippen LogP contribution >= 0.6 is 11.6 Å². The van der Waals surface area contributed by atoms with E-state index >= 15 is 0 Å². The Morgan fingerprint density at radius 2 is 1.85 bits per heavy atom. The van der Waals surface area contributed by atoms with Crippen LogP contribution < -0.4 is 5.14 Å². The second-order valence-electron chi connectivity index (χ2n) is 2.38. The van der Waals surface area contributed by atoms with E-state index in [1.54, 1.807) is 24.3 Å². The molecule has 0 aromatic heterocycles. The summed E-state index contributed by atoms with van der Waals surface area (Å²) < 4.78 is 25.2. The first-order valence-electron chi connectivity index (χ1n) is 3.39. The van der Waals surface area contributed by atoms with Gasteiger partial charge in [0.25, 0.3) is 0 Å². The first kappa shape index (κ1) is 10.5. The Bertz CT molecular complexity index is 373. The van der Waals surface area contributed by atoms with Crippen LogP contribution in [0.3, 0.4) is 0 Å². The van der Waals surface area contributed by atoms with Crippen LogP contribution in [0.2, 0.25) is 5.02 Å². The molecule has 0 saturated carbocycles. The van der Waals surface area contributed by atoms with Crippen LogP contribution in [0, 0.1) is 0 Å². The first-order chi connectivity index (χ1) is 5.97. The van der Waals surface area contributed by atoms with E-state index in [9.17, 15) is 8.42 Å². The standard InChI is InChI=1S/C7H8ClNO3S/c8-7-3-1-6(2-4-7)5-12-13(9,10)11/h1-4H,5H2,(H2,9,10,11). The summed E-state index contributed by atoms with van der Waals surface area (Å²) in [5.74, 6) is 0. The minimum Gasteiger partial charge on any atom is -0.253 e. The Hall–Kier alpha value is -0.620. The lowest BCUT2D eigenvalue weighted by atomic mass is 10.2. The van der Waals surface area contributed by atoms with E-state index in [1.807, 2.05) is 0 Å². The van der Waals surface area contributed by atoms with Crippen molar-refractivity contribution in [3.8, 4) is 0 Å². The van der Waals surface area contributed by atoms with Gasteiger partial charge in [-0.15, -0.1) is 0 Å². The number of nitrogens with two attached hydrogens (primary N) is 1. The fourth-order valence-electron chi connectivity index (χ4n) is 0.731. The lowest BCUT2D eigenvalue weighted by Gasteiger charge is -2.00. The fraction of sp³-hybridized carbons (Fsp3) is 0.143. The van der Waals surface area contributed by atoms with Crippen LogP contribution in [0.25, 0.3) is 0 Å². The van der Waals surface area contributed by atoms with Crippen molar-refractivity contribution in [1.82, 2.24) is 0 Å². The van der Waals surface area contributed by atoms with Crippen molar-refractivity contribution in [2.24, 2.45) is 5.14 Å². The van der Waals surface area contributed by atoms with Gasteiger partial charge in [-0.1, -0.05) is 23.7 Å². The zero-order valence-corrected chi connectivity index (χ0v) is 8.18. The summed E-state index contributed by atoms with van der Waals surface area (Å²) >= 11 is 5.62. The summed E-state index contributed by atoms with van der Waals surface area (Å²) in [5.41, 5.74) is 0.693. The Kier molecular flexibility index (Phi) is 3.27. The van der Waals surface area contributed by atoms with E-state index in [4.69, 9.17) is 11.6 Å². The van der Waals surface area contributed by atoms with E-state index < -0.39 is 10.3 Å². The number of benzene rings is 1. The number of halogens is 1. The average molecular weight is 222 g/mol. The van der Waals surface area contributed by atoms with Gasteiger partial charge in [-0.05, 0) is 17.7 Å². The Labute approximate surface area is 81.5 Å². The molecule has 0 atom stereocenters. The van der Waals surface area contributed by atoms with E-state index in [2.05, 4.69) is 9.32 Å². The van der Waals surface area contributed by atoms with Crippen LogP contribution in [-0.2, 0) is 21.1 Å². The summed E-state index contributed by atoms with van der Waals surface area (Å²) in [5, 5.41) is 5.22. The van der Waals surface area contributed by atoms with Crippen LogP contribution in [0.4, 0.5) is 0 Å². The van der Waals surface area contributed by atoms with Gasteiger partial charge in [0.05, 0.1) is 6.61 Å². The molecule has 0 amide bonds. The van der Waals surface area contributed by atoms with Crippen LogP contribution in [0.1, 0.15) is 5.56 Å². The van der Waals surface area contributed by atoms with Gasteiger partial charge in [0.15, 0.2) is 0 Å². The molecule has 6 heteroatoms. The topological polar surface area (TPSA) is 69.4 Å². The minimum absolute atomic E-state index is 0.0734. The van der Waals surface area contributed by atoms with Crippen molar-refractivity contribution >= 4 is 21.9 Å². The van der Waals surface area contributed by atoms with E-state index in [0.717, 1.165) is 0 Å². The molecule has 1 aromatic rings. The molecule has 1 aromatic carbocycles. The van der Waals surface area contributed by atoms with Crippen molar-refractivity contribution in [3.05, 3.63) is 34.9 Å². The molecular weight excluding hydrogens is 214 g/mol. The number of rotatable bonds is 3. The molecule has 13 heavy (non-hydrogen) atoms. The van der Waals surface area contributed by atoms with Gasteiger partial charge < -0.3 is 0 Å². The third-order valence-corrected chi connectivity index (χ3v) is 2.00. The zero-order valence-electron chi connectivity index (χ0n) is 6.60. The summed E-state index contributed by atoms with van der Waals surface area (Å²) in [7, 11) is -3.87. The summed E-state index contributed by atoms with van der Waals surface area (Å²) in [6.07, 6.45) is 0. The summed E-state index contributed by atoms with van der Waals surface area (Å²) in [4.78, 5) is 0. The Morgan fingerprint density at radius 1 is 1.31 bits per heavy atom. The number of hydrogen-bond donors (Lipinski definition) is 1. The van der Waals surface area contributed by atoms with Gasteiger partial charge in [-0.3, -0.25) is 4.18 Å². The molecule has 4 nitrogen and oxygen atoms in total. The van der Waals surface area contributed by atoms with E-state index in [0.29, 0.717) is 10.6 Å². The van der Waals surface area contributed by atoms with E-state index in [1.165, 1.54) is 0 Å². The smallest absolute Gasteiger partial charge is 0.253 e. The molecule has 0 spiro atoms. The van der Waals surface area contributed by atoms with E-state index in [-0.39, 0.29) is 6.61 Å². The molecule has 0 aliphatic heterocycles. The molecule has 1 rings (SSSR count). The van der Waals surface area contributed by atoms with Crippen LogP contribution in [0.5, 0.6) is 0 Å². The van der Waals surface area contributed by atoms with Crippen molar-refractivity contribution in [1.29, 1.82) is 0 Å². The van der Waals surface area contributed by atoms with Crippen molar-refractivity contribution < 1.29 is 12.6 Å². The molecule has 2 N–H and O–H groups in total. The fourth-order valence-corrected chi connectivity index (χ4v) is 1.16. The quantitative estimate of drug-likeness (QED) is 0.830.